The first-order valence-corrected chi connectivity index (χ1v) is 9.93. The second kappa shape index (κ2) is 7.67. The zero-order chi connectivity index (χ0) is 19.6. The Kier molecular flexibility index (Phi) is 5.50. The highest BCUT2D eigenvalue weighted by Crippen LogP contribution is 2.28. The summed E-state index contributed by atoms with van der Waals surface area (Å²) in [6, 6.07) is 10.2. The van der Waals surface area contributed by atoms with Crippen LogP contribution in [0.1, 0.15) is 22.3 Å². The summed E-state index contributed by atoms with van der Waals surface area (Å²) in [5.41, 5.74) is 1.05. The molecule has 1 atom stereocenters. The molecule has 7 nitrogen and oxygen atoms in total. The van der Waals surface area contributed by atoms with Crippen molar-refractivity contribution in [2.24, 2.45) is 0 Å². The number of fused-ring (bicyclic) bond motifs is 1. The lowest BCUT2D eigenvalue weighted by atomic mass is 9.98. The van der Waals surface area contributed by atoms with Gasteiger partial charge < -0.3 is 9.84 Å². The highest BCUT2D eigenvalue weighted by Gasteiger charge is 2.26. The number of hydrogen-bond acceptors (Lipinski definition) is 5. The smallest absolute Gasteiger partial charge is 0.344 e. The van der Waals surface area contributed by atoms with Crippen LogP contribution < -0.4 is 9.46 Å². The third-order valence-electron chi connectivity index (χ3n) is 4.15. The number of ether oxygens (including phenoxy) is 1. The van der Waals surface area contributed by atoms with Gasteiger partial charge in [-0.1, -0.05) is 11.6 Å². The van der Waals surface area contributed by atoms with Crippen molar-refractivity contribution < 1.29 is 27.9 Å². The Bertz CT molecular complexity index is 987. The van der Waals surface area contributed by atoms with Gasteiger partial charge in [0, 0.05) is 10.6 Å². The fraction of sp³-hybridized carbons (Fsp3) is 0.222. The molecule has 2 N–H and O–H groups in total. The molecule has 0 radical (unpaired) electrons. The maximum Gasteiger partial charge on any atom is 0.344 e. The molecular formula is C18H16ClNO6S. The van der Waals surface area contributed by atoms with Gasteiger partial charge in [-0.05, 0) is 60.9 Å². The molecule has 0 aromatic heterocycles. The van der Waals surface area contributed by atoms with Crippen molar-refractivity contribution in [1.82, 2.24) is 4.72 Å². The van der Waals surface area contributed by atoms with Gasteiger partial charge in [0.15, 0.2) is 11.9 Å². The zero-order valence-electron chi connectivity index (χ0n) is 14.0. The minimum absolute atomic E-state index is 0.0123. The second-order valence-electron chi connectivity index (χ2n) is 6.01. The van der Waals surface area contributed by atoms with E-state index in [1.165, 1.54) is 36.4 Å². The summed E-state index contributed by atoms with van der Waals surface area (Å²) in [5, 5.41) is 9.42. The van der Waals surface area contributed by atoms with Crippen LogP contribution in [0.25, 0.3) is 0 Å². The summed E-state index contributed by atoms with van der Waals surface area (Å²) < 4.78 is 32.1. The minimum Gasteiger partial charge on any atom is -0.479 e. The van der Waals surface area contributed by atoms with E-state index in [1.807, 2.05) is 0 Å². The number of carboxylic acid groups (broad SMARTS) is 1. The molecule has 0 spiro atoms. The normalized spacial score (nSPS) is 16.3. The summed E-state index contributed by atoms with van der Waals surface area (Å²) in [6.45, 7) is -0.400. The van der Waals surface area contributed by atoms with Crippen molar-refractivity contribution >= 4 is 33.4 Å². The molecule has 1 unspecified atom stereocenters. The van der Waals surface area contributed by atoms with Crippen molar-refractivity contribution in [3.63, 3.8) is 0 Å². The summed E-state index contributed by atoms with van der Waals surface area (Å²) in [4.78, 5) is 23.4. The number of halogens is 1. The van der Waals surface area contributed by atoms with Gasteiger partial charge in [-0.3, -0.25) is 4.79 Å². The maximum absolute atomic E-state index is 12.4. The van der Waals surface area contributed by atoms with E-state index in [4.69, 9.17) is 21.4 Å². The van der Waals surface area contributed by atoms with Gasteiger partial charge in [-0.25, -0.2) is 17.9 Å². The molecule has 142 valence electrons. The standard InChI is InChI=1S/C18H16ClNO6S/c19-13-3-5-14(6-4-13)27(24,25)20-10-15(21)11-1-7-16-12(9-11)2-8-17(26-16)18(22)23/h1,3-7,9,17,20H,2,8,10H2,(H,22,23). The SMILES string of the molecule is O=C(CNS(=O)(=O)c1ccc(Cl)cc1)c1ccc2c(c1)CCC(C(=O)O)O2. The summed E-state index contributed by atoms with van der Waals surface area (Å²) >= 11 is 5.74. The summed E-state index contributed by atoms with van der Waals surface area (Å²) in [6.07, 6.45) is -0.127. The lowest BCUT2D eigenvalue weighted by Gasteiger charge is -2.23. The maximum atomic E-state index is 12.4. The van der Waals surface area contributed by atoms with Crippen LogP contribution in [-0.4, -0.2) is 37.9 Å². The lowest BCUT2D eigenvalue weighted by molar-refractivity contribution is -0.145. The van der Waals surface area contributed by atoms with Crippen LogP contribution >= 0.6 is 11.6 Å². The molecule has 0 bridgehead atoms. The number of carbonyl (C=O) groups excluding carboxylic acids is 1. The molecule has 0 saturated heterocycles. The van der Waals surface area contributed by atoms with Crippen LogP contribution in [0.5, 0.6) is 5.75 Å². The van der Waals surface area contributed by atoms with Gasteiger partial charge in [-0.2, -0.15) is 0 Å². The molecule has 1 heterocycles. The molecule has 27 heavy (non-hydrogen) atoms. The van der Waals surface area contributed by atoms with E-state index < -0.39 is 34.4 Å². The first kappa shape index (κ1) is 19.3. The number of Topliss-reactive ketones (excluding diaryl/α,β-unsaturated/α-hetero) is 1. The molecule has 1 aliphatic heterocycles. The van der Waals surface area contributed by atoms with Crippen molar-refractivity contribution in [1.29, 1.82) is 0 Å². The average molecular weight is 410 g/mol. The zero-order valence-corrected chi connectivity index (χ0v) is 15.6. The molecule has 2 aromatic rings. The van der Waals surface area contributed by atoms with Crippen molar-refractivity contribution in [3.05, 3.63) is 58.6 Å². The Morgan fingerprint density at radius 3 is 2.56 bits per heavy atom. The van der Waals surface area contributed by atoms with Gasteiger partial charge in [0.05, 0.1) is 11.4 Å². The quantitative estimate of drug-likeness (QED) is 0.708. The second-order valence-corrected chi connectivity index (χ2v) is 8.21. The number of aryl methyl sites for hydroxylation is 1. The van der Waals surface area contributed by atoms with Gasteiger partial charge in [0.25, 0.3) is 0 Å². The predicted molar refractivity (Wildman–Crippen MR) is 97.8 cm³/mol. The molecule has 3 rings (SSSR count). The molecular weight excluding hydrogens is 394 g/mol. The van der Waals surface area contributed by atoms with E-state index in [2.05, 4.69) is 4.72 Å². The summed E-state index contributed by atoms with van der Waals surface area (Å²) in [7, 11) is -3.83. The molecule has 0 amide bonds. The molecule has 2 aromatic carbocycles. The van der Waals surface area contributed by atoms with Crippen LogP contribution in [0.15, 0.2) is 47.4 Å². The largest absolute Gasteiger partial charge is 0.479 e. The van der Waals surface area contributed by atoms with Gasteiger partial charge in [0.1, 0.15) is 5.75 Å². The highest BCUT2D eigenvalue weighted by atomic mass is 35.5. The lowest BCUT2D eigenvalue weighted by Crippen LogP contribution is -2.31. The molecule has 1 aliphatic rings. The van der Waals surface area contributed by atoms with Crippen LogP contribution in [0.4, 0.5) is 0 Å². The molecule has 0 saturated carbocycles. The number of benzene rings is 2. The average Bonchev–Trinajstić information content (AvgIpc) is 2.65. The van der Waals surface area contributed by atoms with Gasteiger partial charge in [0.2, 0.25) is 10.0 Å². The Hall–Kier alpha value is -2.42. The third kappa shape index (κ3) is 4.47. The van der Waals surface area contributed by atoms with Gasteiger partial charge in [-0.15, -0.1) is 0 Å². The van der Waals surface area contributed by atoms with Gasteiger partial charge >= 0.3 is 5.97 Å². The van der Waals surface area contributed by atoms with Crippen molar-refractivity contribution in [2.45, 2.75) is 23.8 Å². The third-order valence-corrected chi connectivity index (χ3v) is 5.82. The highest BCUT2D eigenvalue weighted by molar-refractivity contribution is 7.89. The van der Waals surface area contributed by atoms with Crippen LogP contribution in [0.2, 0.25) is 5.02 Å². The van der Waals surface area contributed by atoms with Crippen molar-refractivity contribution in [2.75, 3.05) is 6.54 Å². The number of sulfonamides is 1. The van der Waals surface area contributed by atoms with Crippen molar-refractivity contribution in [3.8, 4) is 5.75 Å². The predicted octanol–water partition coefficient (Wildman–Crippen LogP) is 2.28. The summed E-state index contributed by atoms with van der Waals surface area (Å²) in [5.74, 6) is -1.01. The Morgan fingerprint density at radius 1 is 1.19 bits per heavy atom. The first-order valence-electron chi connectivity index (χ1n) is 8.07. The topological polar surface area (TPSA) is 110 Å². The minimum atomic E-state index is -3.83. The Balaban J connectivity index is 1.68. The first-order chi connectivity index (χ1) is 12.8. The fourth-order valence-electron chi connectivity index (χ4n) is 2.70. The Morgan fingerprint density at radius 2 is 1.89 bits per heavy atom. The van der Waals surface area contributed by atoms with E-state index in [0.717, 1.165) is 5.56 Å². The van der Waals surface area contributed by atoms with Crippen LogP contribution in [0.3, 0.4) is 0 Å². The van der Waals surface area contributed by atoms with E-state index in [9.17, 15) is 18.0 Å². The number of rotatable bonds is 6. The monoisotopic (exact) mass is 409 g/mol. The Labute approximate surface area is 161 Å². The van der Waals surface area contributed by atoms with E-state index in [-0.39, 0.29) is 4.90 Å². The number of aliphatic carboxylic acids is 1. The van der Waals surface area contributed by atoms with E-state index in [1.54, 1.807) is 6.07 Å². The number of carboxylic acids is 1. The molecule has 0 fully saturated rings. The number of nitrogens with one attached hydrogen (secondary N) is 1. The van der Waals surface area contributed by atoms with E-state index >= 15 is 0 Å². The molecule has 9 heteroatoms. The number of ketones is 1. The molecule has 0 aliphatic carbocycles. The van der Waals surface area contributed by atoms with Crippen LogP contribution in [-0.2, 0) is 21.2 Å². The van der Waals surface area contributed by atoms with E-state index in [0.29, 0.717) is 29.2 Å². The number of hydrogen-bond donors (Lipinski definition) is 2. The fourth-order valence-corrected chi connectivity index (χ4v) is 3.80. The van der Waals surface area contributed by atoms with Crippen LogP contribution in [0, 0.1) is 0 Å². The number of carbonyl (C=O) groups is 2.